The summed E-state index contributed by atoms with van der Waals surface area (Å²) < 4.78 is 7.51. The van der Waals surface area contributed by atoms with Gasteiger partial charge in [-0.25, -0.2) is 9.97 Å². The Kier molecular flexibility index (Phi) is 6.73. The molecule has 3 aromatic rings. The zero-order valence-corrected chi connectivity index (χ0v) is 20.0. The van der Waals surface area contributed by atoms with Crippen LogP contribution in [0, 0.1) is 6.92 Å². The number of aryl methyl sites for hydroxylation is 1. The molecule has 34 heavy (non-hydrogen) atoms. The predicted octanol–water partition coefficient (Wildman–Crippen LogP) is 3.30. The molecule has 9 heteroatoms. The fourth-order valence-corrected chi connectivity index (χ4v) is 5.01. The van der Waals surface area contributed by atoms with Crippen molar-refractivity contribution in [3.8, 4) is 0 Å². The summed E-state index contributed by atoms with van der Waals surface area (Å²) in [6.07, 6.45) is 7.95. The standard InChI is InChI=1S/C25H33N7O2/c1-3-34-16-21-17(2)20-15-28-25(30-23(20)32(24(21)33)18-6-4-5-7-18)29-22-9-8-19(14-27-22)31-12-10-26-11-13-31/h8-9,14-15,18,26H,3-7,10-13,16H2,1-2H3,(H,27,28,29,30). The van der Waals surface area contributed by atoms with Gasteiger partial charge in [0.15, 0.2) is 0 Å². The van der Waals surface area contributed by atoms with Gasteiger partial charge in [-0.05, 0) is 44.4 Å². The van der Waals surface area contributed by atoms with Gasteiger partial charge in [-0.2, -0.15) is 4.98 Å². The fourth-order valence-electron chi connectivity index (χ4n) is 5.01. The van der Waals surface area contributed by atoms with Crippen LogP contribution in [-0.4, -0.2) is 52.3 Å². The van der Waals surface area contributed by atoms with Crippen molar-refractivity contribution in [3.05, 3.63) is 46.0 Å². The number of rotatable bonds is 7. The molecule has 1 saturated carbocycles. The molecule has 2 N–H and O–H groups in total. The van der Waals surface area contributed by atoms with Crippen LogP contribution in [0.4, 0.5) is 17.5 Å². The largest absolute Gasteiger partial charge is 0.377 e. The van der Waals surface area contributed by atoms with Crippen LogP contribution < -0.4 is 21.1 Å². The predicted molar refractivity (Wildman–Crippen MR) is 134 cm³/mol. The third kappa shape index (κ3) is 4.50. The minimum atomic E-state index is 0.00787. The Labute approximate surface area is 199 Å². The highest BCUT2D eigenvalue weighted by molar-refractivity contribution is 5.80. The topological polar surface area (TPSA) is 97.2 Å². The van der Waals surface area contributed by atoms with E-state index in [0.29, 0.717) is 36.2 Å². The van der Waals surface area contributed by atoms with Crippen LogP contribution in [0.1, 0.15) is 49.8 Å². The van der Waals surface area contributed by atoms with Crippen molar-refractivity contribution in [3.63, 3.8) is 0 Å². The normalized spacial score (nSPS) is 16.9. The van der Waals surface area contributed by atoms with E-state index in [4.69, 9.17) is 9.72 Å². The summed E-state index contributed by atoms with van der Waals surface area (Å²) >= 11 is 0. The van der Waals surface area contributed by atoms with E-state index < -0.39 is 0 Å². The summed E-state index contributed by atoms with van der Waals surface area (Å²) in [6, 6.07) is 4.18. The van der Waals surface area contributed by atoms with E-state index in [2.05, 4.69) is 31.6 Å². The Balaban J connectivity index is 1.48. The molecule has 2 aliphatic rings. The van der Waals surface area contributed by atoms with Gasteiger partial charge in [0.2, 0.25) is 5.95 Å². The van der Waals surface area contributed by atoms with Crippen LogP contribution in [0.3, 0.4) is 0 Å². The van der Waals surface area contributed by atoms with E-state index in [1.54, 1.807) is 0 Å². The van der Waals surface area contributed by atoms with Crippen LogP contribution >= 0.6 is 0 Å². The molecule has 1 aliphatic heterocycles. The number of nitrogens with zero attached hydrogens (tertiary/aromatic N) is 5. The minimum Gasteiger partial charge on any atom is -0.377 e. The van der Waals surface area contributed by atoms with Gasteiger partial charge < -0.3 is 20.3 Å². The molecule has 0 amide bonds. The number of nitrogens with one attached hydrogen (secondary N) is 2. The molecule has 2 fully saturated rings. The molecule has 3 aromatic heterocycles. The smallest absolute Gasteiger partial charge is 0.258 e. The van der Waals surface area contributed by atoms with E-state index in [-0.39, 0.29) is 11.6 Å². The first-order valence-electron chi connectivity index (χ1n) is 12.3. The lowest BCUT2D eigenvalue weighted by atomic mass is 10.1. The molecule has 1 saturated heterocycles. The summed E-state index contributed by atoms with van der Waals surface area (Å²) in [5.41, 5.74) is 3.40. The van der Waals surface area contributed by atoms with E-state index >= 15 is 0 Å². The second-order valence-electron chi connectivity index (χ2n) is 9.05. The molecule has 0 unspecified atom stereocenters. The van der Waals surface area contributed by atoms with Crippen molar-refractivity contribution >= 4 is 28.5 Å². The average molecular weight is 464 g/mol. The Hall–Kier alpha value is -3.04. The number of piperazine rings is 1. The van der Waals surface area contributed by atoms with E-state index in [9.17, 15) is 4.79 Å². The summed E-state index contributed by atoms with van der Waals surface area (Å²) in [4.78, 5) is 29.8. The monoisotopic (exact) mass is 463 g/mol. The highest BCUT2D eigenvalue weighted by atomic mass is 16.5. The molecule has 4 heterocycles. The lowest BCUT2D eigenvalue weighted by Gasteiger charge is -2.29. The molecular weight excluding hydrogens is 430 g/mol. The minimum absolute atomic E-state index is 0.00787. The fraction of sp³-hybridized carbons (Fsp3) is 0.520. The van der Waals surface area contributed by atoms with Gasteiger partial charge in [-0.3, -0.25) is 9.36 Å². The van der Waals surface area contributed by atoms with E-state index in [1.807, 2.05) is 36.9 Å². The molecule has 0 aromatic carbocycles. The first kappa shape index (κ1) is 22.7. The van der Waals surface area contributed by atoms with Gasteiger partial charge in [0.25, 0.3) is 5.56 Å². The zero-order chi connectivity index (χ0) is 23.5. The number of pyridine rings is 2. The van der Waals surface area contributed by atoms with E-state index in [1.165, 1.54) is 0 Å². The first-order chi connectivity index (χ1) is 16.7. The first-order valence-corrected chi connectivity index (χ1v) is 12.3. The summed E-state index contributed by atoms with van der Waals surface area (Å²) in [7, 11) is 0. The molecule has 1 aliphatic carbocycles. The van der Waals surface area contributed by atoms with Gasteiger partial charge >= 0.3 is 0 Å². The van der Waals surface area contributed by atoms with Crippen molar-refractivity contribution in [2.24, 2.45) is 0 Å². The van der Waals surface area contributed by atoms with Gasteiger partial charge in [0, 0.05) is 56.0 Å². The molecule has 0 atom stereocenters. The number of ether oxygens (including phenoxy) is 1. The molecule has 180 valence electrons. The van der Waals surface area contributed by atoms with Crippen molar-refractivity contribution < 1.29 is 4.74 Å². The maximum atomic E-state index is 13.5. The van der Waals surface area contributed by atoms with Gasteiger partial charge in [-0.15, -0.1) is 0 Å². The number of fused-ring (bicyclic) bond motifs is 1. The van der Waals surface area contributed by atoms with Crippen LogP contribution in [0.15, 0.2) is 29.3 Å². The highest BCUT2D eigenvalue weighted by Gasteiger charge is 2.24. The lowest BCUT2D eigenvalue weighted by Crippen LogP contribution is -2.43. The van der Waals surface area contributed by atoms with Crippen molar-refractivity contribution in [1.29, 1.82) is 0 Å². The third-order valence-corrected chi connectivity index (χ3v) is 6.94. The molecule has 0 bridgehead atoms. The van der Waals surface area contributed by atoms with E-state index in [0.717, 1.165) is 68.5 Å². The number of aromatic nitrogens is 4. The van der Waals surface area contributed by atoms with Gasteiger partial charge in [0.1, 0.15) is 11.5 Å². The quantitative estimate of drug-likeness (QED) is 0.551. The summed E-state index contributed by atoms with van der Waals surface area (Å²) in [5, 5.41) is 7.49. The van der Waals surface area contributed by atoms with Crippen molar-refractivity contribution in [1.82, 2.24) is 24.8 Å². The average Bonchev–Trinajstić information content (AvgIpc) is 3.39. The second-order valence-corrected chi connectivity index (χ2v) is 9.05. The molecule has 0 radical (unpaired) electrons. The number of anilines is 3. The highest BCUT2D eigenvalue weighted by Crippen LogP contribution is 2.32. The summed E-state index contributed by atoms with van der Waals surface area (Å²) in [5.74, 6) is 1.12. The Morgan fingerprint density at radius 3 is 2.65 bits per heavy atom. The molecular formula is C25H33N7O2. The van der Waals surface area contributed by atoms with Crippen molar-refractivity contribution in [2.75, 3.05) is 43.0 Å². The van der Waals surface area contributed by atoms with Crippen LogP contribution in [0.2, 0.25) is 0 Å². The SMILES string of the molecule is CCOCc1c(C)c2cnc(Nc3ccc(N4CCNCC4)cn3)nc2n(C2CCCC2)c1=O. The van der Waals surface area contributed by atoms with Gasteiger partial charge in [-0.1, -0.05) is 12.8 Å². The number of hydrogen-bond donors (Lipinski definition) is 2. The molecule has 5 rings (SSSR count). The number of hydrogen-bond acceptors (Lipinski definition) is 8. The maximum Gasteiger partial charge on any atom is 0.258 e. The zero-order valence-electron chi connectivity index (χ0n) is 20.0. The Bertz CT molecular complexity index is 1200. The third-order valence-electron chi connectivity index (χ3n) is 6.94. The lowest BCUT2D eigenvalue weighted by molar-refractivity contribution is 0.132. The second kappa shape index (κ2) is 10.1. The van der Waals surface area contributed by atoms with Crippen LogP contribution in [0.25, 0.3) is 11.0 Å². The maximum absolute atomic E-state index is 13.5. The Morgan fingerprint density at radius 2 is 1.94 bits per heavy atom. The van der Waals surface area contributed by atoms with Gasteiger partial charge in [0.05, 0.1) is 18.5 Å². The molecule has 0 spiro atoms. The van der Waals surface area contributed by atoms with Crippen LogP contribution in [-0.2, 0) is 11.3 Å². The van der Waals surface area contributed by atoms with Crippen LogP contribution in [0.5, 0.6) is 0 Å². The Morgan fingerprint density at radius 1 is 1.15 bits per heavy atom. The summed E-state index contributed by atoms with van der Waals surface area (Å²) in [6.45, 7) is 8.71. The molecule has 9 nitrogen and oxygen atoms in total. The van der Waals surface area contributed by atoms with Crippen molar-refractivity contribution in [2.45, 2.75) is 52.2 Å².